The van der Waals surface area contributed by atoms with Crippen molar-refractivity contribution in [2.24, 2.45) is 0 Å². The molecule has 20 heavy (non-hydrogen) atoms. The molecule has 1 N–H and O–H groups in total. The summed E-state index contributed by atoms with van der Waals surface area (Å²) in [7, 11) is 1.82. The van der Waals surface area contributed by atoms with E-state index in [-0.39, 0.29) is 11.9 Å². The number of nitro groups is 1. The summed E-state index contributed by atoms with van der Waals surface area (Å²) in [6.07, 6.45) is 0.724. The van der Waals surface area contributed by atoms with Crippen molar-refractivity contribution in [3.05, 3.63) is 62.9 Å². The molecule has 0 aliphatic carbocycles. The van der Waals surface area contributed by atoms with Gasteiger partial charge < -0.3 is 9.73 Å². The predicted molar refractivity (Wildman–Crippen MR) is 76.8 cm³/mol. The molecule has 2 rings (SSSR count). The summed E-state index contributed by atoms with van der Waals surface area (Å²) in [5, 5.41) is 13.8. The Morgan fingerprint density at radius 1 is 1.25 bits per heavy atom. The number of nitrogens with zero attached hydrogens (tertiary/aromatic N) is 1. The van der Waals surface area contributed by atoms with Gasteiger partial charge in [-0.3, -0.25) is 10.1 Å². The second-order valence-corrected chi connectivity index (χ2v) is 4.90. The van der Waals surface area contributed by atoms with E-state index in [0.29, 0.717) is 5.76 Å². The predicted octanol–water partition coefficient (Wildman–Crippen LogP) is 3.31. The lowest BCUT2D eigenvalue weighted by atomic mass is 10.00. The Morgan fingerprint density at radius 3 is 2.55 bits per heavy atom. The van der Waals surface area contributed by atoms with Crippen LogP contribution in [0.3, 0.4) is 0 Å². The quantitative estimate of drug-likeness (QED) is 0.671. The fourth-order valence-electron chi connectivity index (χ4n) is 2.14. The Balaban J connectivity index is 2.19. The molecule has 0 fully saturated rings. The van der Waals surface area contributed by atoms with Gasteiger partial charge in [-0.15, -0.1) is 0 Å². The van der Waals surface area contributed by atoms with E-state index in [1.165, 1.54) is 22.8 Å². The van der Waals surface area contributed by atoms with Crippen LogP contribution < -0.4 is 5.32 Å². The molecule has 1 aromatic carbocycles. The van der Waals surface area contributed by atoms with Crippen molar-refractivity contribution in [3.8, 4) is 0 Å². The van der Waals surface area contributed by atoms with Crippen LogP contribution in [0.2, 0.25) is 0 Å². The van der Waals surface area contributed by atoms with Crippen LogP contribution in [-0.4, -0.2) is 12.0 Å². The molecule has 0 aliphatic heterocycles. The fraction of sp³-hybridized carbons (Fsp3) is 0.333. The lowest BCUT2D eigenvalue weighted by Gasteiger charge is -2.14. The second-order valence-electron chi connectivity index (χ2n) is 4.90. The molecule has 0 radical (unpaired) electrons. The lowest BCUT2D eigenvalue weighted by molar-refractivity contribution is -0.402. The molecule has 0 aliphatic rings. The van der Waals surface area contributed by atoms with Crippen LogP contribution >= 0.6 is 0 Å². The van der Waals surface area contributed by atoms with Crippen molar-refractivity contribution in [3.63, 3.8) is 0 Å². The molecular weight excluding hydrogens is 256 g/mol. The third-order valence-electron chi connectivity index (χ3n) is 3.50. The minimum atomic E-state index is -0.522. The molecule has 1 atom stereocenters. The van der Waals surface area contributed by atoms with E-state index in [1.54, 1.807) is 6.07 Å². The molecular formula is C15H18N2O3. The Morgan fingerprint density at radius 2 is 2.00 bits per heavy atom. The van der Waals surface area contributed by atoms with Crippen LogP contribution in [0.25, 0.3) is 0 Å². The highest BCUT2D eigenvalue weighted by Crippen LogP contribution is 2.24. The van der Waals surface area contributed by atoms with Gasteiger partial charge >= 0.3 is 5.88 Å². The minimum absolute atomic E-state index is 0.0780. The zero-order valence-electron chi connectivity index (χ0n) is 11.8. The number of nitrogens with one attached hydrogen (secondary N) is 1. The van der Waals surface area contributed by atoms with Gasteiger partial charge in [0.05, 0.1) is 12.1 Å². The van der Waals surface area contributed by atoms with E-state index in [0.717, 1.165) is 6.42 Å². The fourth-order valence-corrected chi connectivity index (χ4v) is 2.14. The molecule has 0 saturated carbocycles. The van der Waals surface area contributed by atoms with Crippen molar-refractivity contribution in [2.75, 3.05) is 7.05 Å². The van der Waals surface area contributed by atoms with E-state index in [1.807, 2.05) is 7.05 Å². The molecule has 0 spiro atoms. The first kappa shape index (κ1) is 14.3. The molecule has 1 unspecified atom stereocenters. The van der Waals surface area contributed by atoms with Gasteiger partial charge in [0.1, 0.15) is 10.7 Å². The van der Waals surface area contributed by atoms with E-state index >= 15 is 0 Å². The monoisotopic (exact) mass is 274 g/mol. The van der Waals surface area contributed by atoms with Crippen LogP contribution in [-0.2, 0) is 6.42 Å². The van der Waals surface area contributed by atoms with E-state index in [2.05, 4.69) is 37.4 Å². The zero-order valence-corrected chi connectivity index (χ0v) is 11.8. The number of aryl methyl sites for hydroxylation is 2. The van der Waals surface area contributed by atoms with Crippen molar-refractivity contribution >= 4 is 5.88 Å². The third kappa shape index (κ3) is 3.05. The molecule has 2 aromatic rings. The smallest absolute Gasteiger partial charge is 0.404 e. The number of likely N-dealkylation sites (N-methyl/N-ethyl adjacent to an activating group) is 1. The SMILES string of the molecule is CNC(Cc1ccc(C)c(C)c1)c1ccc([N+](=O)[O-])o1. The number of furan rings is 1. The molecule has 0 saturated heterocycles. The summed E-state index contributed by atoms with van der Waals surface area (Å²) in [6, 6.07) is 9.26. The zero-order chi connectivity index (χ0) is 14.7. The highest BCUT2D eigenvalue weighted by atomic mass is 16.6. The Hall–Kier alpha value is -2.14. The molecule has 1 heterocycles. The van der Waals surface area contributed by atoms with Gasteiger partial charge in [0.15, 0.2) is 0 Å². The summed E-state index contributed by atoms with van der Waals surface area (Å²) in [5.74, 6) is 0.359. The van der Waals surface area contributed by atoms with E-state index in [4.69, 9.17) is 4.42 Å². The second kappa shape index (κ2) is 5.88. The van der Waals surface area contributed by atoms with Gasteiger partial charge in [-0.1, -0.05) is 18.2 Å². The van der Waals surface area contributed by atoms with Crippen LogP contribution in [0.4, 0.5) is 5.88 Å². The van der Waals surface area contributed by atoms with Crippen molar-refractivity contribution < 1.29 is 9.34 Å². The van der Waals surface area contributed by atoms with Gasteiger partial charge in [0.2, 0.25) is 0 Å². The normalized spacial score (nSPS) is 12.3. The maximum atomic E-state index is 10.7. The van der Waals surface area contributed by atoms with Gasteiger partial charge in [0, 0.05) is 0 Å². The average Bonchev–Trinajstić information content (AvgIpc) is 2.89. The van der Waals surface area contributed by atoms with E-state index in [9.17, 15) is 10.1 Å². The first-order chi connectivity index (χ1) is 9.51. The standard InChI is InChI=1S/C15H18N2O3/c1-10-4-5-12(8-11(10)2)9-13(16-3)14-6-7-15(20-14)17(18)19/h4-8,13,16H,9H2,1-3H3. The van der Waals surface area contributed by atoms with Crippen LogP contribution in [0.5, 0.6) is 0 Å². The van der Waals surface area contributed by atoms with E-state index < -0.39 is 4.92 Å². The van der Waals surface area contributed by atoms with Crippen LogP contribution in [0.15, 0.2) is 34.7 Å². The molecule has 5 heteroatoms. The number of hydrogen-bond acceptors (Lipinski definition) is 4. The Bertz CT molecular complexity index is 619. The third-order valence-corrected chi connectivity index (χ3v) is 3.50. The van der Waals surface area contributed by atoms with Crippen molar-refractivity contribution in [2.45, 2.75) is 26.3 Å². The highest BCUT2D eigenvalue weighted by molar-refractivity contribution is 5.31. The lowest BCUT2D eigenvalue weighted by Crippen LogP contribution is -2.18. The minimum Gasteiger partial charge on any atom is -0.404 e. The molecule has 0 amide bonds. The van der Waals surface area contributed by atoms with Gasteiger partial charge in [-0.25, -0.2) is 0 Å². The maximum Gasteiger partial charge on any atom is 0.433 e. The summed E-state index contributed by atoms with van der Waals surface area (Å²) in [5.41, 5.74) is 3.66. The Kier molecular flexibility index (Phi) is 4.20. The van der Waals surface area contributed by atoms with Gasteiger partial charge in [-0.05, 0) is 50.1 Å². The van der Waals surface area contributed by atoms with Gasteiger partial charge in [-0.2, -0.15) is 0 Å². The number of hydrogen-bond donors (Lipinski definition) is 1. The molecule has 0 bridgehead atoms. The molecule has 106 valence electrons. The van der Waals surface area contributed by atoms with Crippen LogP contribution in [0, 0.1) is 24.0 Å². The van der Waals surface area contributed by atoms with Gasteiger partial charge in [0.25, 0.3) is 0 Å². The number of rotatable bonds is 5. The van der Waals surface area contributed by atoms with Crippen molar-refractivity contribution in [1.82, 2.24) is 5.32 Å². The maximum absolute atomic E-state index is 10.7. The largest absolute Gasteiger partial charge is 0.433 e. The summed E-state index contributed by atoms with van der Waals surface area (Å²) >= 11 is 0. The summed E-state index contributed by atoms with van der Waals surface area (Å²) < 4.78 is 5.26. The summed E-state index contributed by atoms with van der Waals surface area (Å²) in [6.45, 7) is 4.15. The highest BCUT2D eigenvalue weighted by Gasteiger charge is 2.19. The Labute approximate surface area is 117 Å². The van der Waals surface area contributed by atoms with Crippen LogP contribution in [0.1, 0.15) is 28.5 Å². The first-order valence-corrected chi connectivity index (χ1v) is 6.48. The average molecular weight is 274 g/mol. The summed E-state index contributed by atoms with van der Waals surface area (Å²) in [4.78, 5) is 10.1. The first-order valence-electron chi connectivity index (χ1n) is 6.48. The molecule has 1 aromatic heterocycles. The number of benzene rings is 1. The topological polar surface area (TPSA) is 68.3 Å². The van der Waals surface area contributed by atoms with Crippen molar-refractivity contribution in [1.29, 1.82) is 0 Å². The molecule has 5 nitrogen and oxygen atoms in total.